The summed E-state index contributed by atoms with van der Waals surface area (Å²) in [5.41, 5.74) is 3.08. The number of carbonyl (C=O) groups is 2. The lowest BCUT2D eigenvalue weighted by atomic mass is 9.92. The number of rotatable bonds is 2. The van der Waals surface area contributed by atoms with Crippen molar-refractivity contribution in [3.8, 4) is 11.8 Å². The van der Waals surface area contributed by atoms with Crippen molar-refractivity contribution in [1.29, 1.82) is 0 Å². The van der Waals surface area contributed by atoms with Crippen LogP contribution in [0.3, 0.4) is 0 Å². The van der Waals surface area contributed by atoms with Gasteiger partial charge in [-0.05, 0) is 59.7 Å². The van der Waals surface area contributed by atoms with Crippen molar-refractivity contribution in [3.05, 3.63) is 99.6 Å². The van der Waals surface area contributed by atoms with Crippen LogP contribution in [0, 0.1) is 17.7 Å². The molecule has 0 N–H and O–H groups in total. The highest BCUT2D eigenvalue weighted by atomic mass is 35.5. The number of pyridine rings is 1. The molecule has 0 unspecified atom stereocenters. The van der Waals surface area contributed by atoms with Gasteiger partial charge >= 0.3 is 0 Å². The van der Waals surface area contributed by atoms with Crippen LogP contribution in [0.25, 0.3) is 6.08 Å². The van der Waals surface area contributed by atoms with Gasteiger partial charge in [0.1, 0.15) is 5.82 Å². The minimum atomic E-state index is -0.567. The van der Waals surface area contributed by atoms with Crippen LogP contribution in [0.2, 0.25) is 5.02 Å². The lowest BCUT2D eigenvalue weighted by Crippen LogP contribution is -2.36. The number of nitrogens with zero attached hydrogens (tertiary/aromatic N) is 2. The van der Waals surface area contributed by atoms with E-state index in [9.17, 15) is 14.0 Å². The molecule has 0 saturated heterocycles. The molecule has 0 atom stereocenters. The van der Waals surface area contributed by atoms with E-state index in [4.69, 9.17) is 11.6 Å². The van der Waals surface area contributed by atoms with Crippen LogP contribution in [0.5, 0.6) is 0 Å². The summed E-state index contributed by atoms with van der Waals surface area (Å²) in [6.07, 6.45) is 5.41. The zero-order chi connectivity index (χ0) is 22.0. The van der Waals surface area contributed by atoms with Gasteiger partial charge in [-0.25, -0.2) is 4.39 Å². The van der Waals surface area contributed by atoms with Gasteiger partial charge in [0.2, 0.25) is 5.78 Å². The largest absolute Gasteiger partial charge is 0.311 e. The Kier molecular flexibility index (Phi) is 5.66. The Morgan fingerprint density at radius 1 is 1.10 bits per heavy atom. The zero-order valence-electron chi connectivity index (χ0n) is 16.5. The number of carbonyl (C=O) groups excluding carboxylic acids is 2. The molecule has 3 aromatic rings. The predicted molar refractivity (Wildman–Crippen MR) is 118 cm³/mol. The molecular formula is C25H16ClFN2O2. The van der Waals surface area contributed by atoms with E-state index in [2.05, 4.69) is 16.8 Å². The molecule has 4 rings (SSSR count). The summed E-state index contributed by atoms with van der Waals surface area (Å²) < 4.78 is 13.4. The molecule has 1 aliphatic heterocycles. The van der Waals surface area contributed by atoms with Gasteiger partial charge in [0.05, 0.1) is 16.3 Å². The summed E-state index contributed by atoms with van der Waals surface area (Å²) in [4.78, 5) is 31.3. The summed E-state index contributed by atoms with van der Waals surface area (Å²) in [6, 6.07) is 13.0. The second kappa shape index (κ2) is 8.55. The van der Waals surface area contributed by atoms with Crippen LogP contribution in [0.4, 0.5) is 10.1 Å². The van der Waals surface area contributed by atoms with Crippen molar-refractivity contribution >= 4 is 35.1 Å². The Morgan fingerprint density at radius 3 is 2.61 bits per heavy atom. The van der Waals surface area contributed by atoms with E-state index < -0.39 is 17.5 Å². The number of amides is 1. The molecular weight excluding hydrogens is 415 g/mol. The van der Waals surface area contributed by atoms with Crippen molar-refractivity contribution < 1.29 is 14.0 Å². The van der Waals surface area contributed by atoms with Crippen molar-refractivity contribution in [2.45, 2.75) is 6.42 Å². The highest BCUT2D eigenvalue weighted by molar-refractivity contribution is 6.36. The first-order valence-electron chi connectivity index (χ1n) is 9.45. The second-order valence-electron chi connectivity index (χ2n) is 6.99. The molecule has 1 amide bonds. The van der Waals surface area contributed by atoms with Gasteiger partial charge in [0.15, 0.2) is 0 Å². The van der Waals surface area contributed by atoms with Crippen LogP contribution >= 0.6 is 11.6 Å². The summed E-state index contributed by atoms with van der Waals surface area (Å²) in [6.45, 7) is 0. The maximum Gasteiger partial charge on any atom is 0.262 e. The second-order valence-corrected chi connectivity index (χ2v) is 7.40. The quantitative estimate of drug-likeness (QED) is 0.336. The van der Waals surface area contributed by atoms with E-state index in [1.165, 1.54) is 29.2 Å². The van der Waals surface area contributed by atoms with Gasteiger partial charge in [-0.15, -0.1) is 0 Å². The monoisotopic (exact) mass is 430 g/mol. The highest BCUT2D eigenvalue weighted by Crippen LogP contribution is 2.31. The SMILES string of the molecule is CN1C(=O)C(=Cc2ccc(F)c(Cl)c2)C(=O)c2cc(C#CCc3ccncc3)ccc21. The maximum atomic E-state index is 13.4. The molecule has 31 heavy (non-hydrogen) atoms. The summed E-state index contributed by atoms with van der Waals surface area (Å²) >= 11 is 5.82. The van der Waals surface area contributed by atoms with Gasteiger partial charge in [-0.3, -0.25) is 14.6 Å². The van der Waals surface area contributed by atoms with Crippen molar-refractivity contribution in [3.63, 3.8) is 0 Å². The normalized spacial score (nSPS) is 14.3. The van der Waals surface area contributed by atoms with Crippen LogP contribution in [-0.4, -0.2) is 23.7 Å². The summed E-state index contributed by atoms with van der Waals surface area (Å²) in [5, 5.41) is -0.0782. The average molecular weight is 431 g/mol. The number of aromatic nitrogens is 1. The minimum absolute atomic E-state index is 0.0143. The molecule has 152 valence electrons. The standard InChI is InChI=1S/C25H16ClFN2O2/c1-29-23-8-6-17(4-2-3-16-9-11-28-12-10-16)13-19(23)24(30)20(25(29)31)14-18-5-7-22(27)21(26)15-18/h5-15H,3H2,1H3. The van der Waals surface area contributed by atoms with Crippen LogP contribution in [0.1, 0.15) is 27.0 Å². The predicted octanol–water partition coefficient (Wildman–Crippen LogP) is 4.71. The number of Topliss-reactive ketones (excluding diaryl/α,β-unsaturated/α-hetero) is 1. The summed E-state index contributed by atoms with van der Waals surface area (Å²) in [7, 11) is 1.61. The first-order valence-corrected chi connectivity index (χ1v) is 9.83. The fourth-order valence-corrected chi connectivity index (χ4v) is 3.45. The third-order valence-electron chi connectivity index (χ3n) is 4.91. The van der Waals surface area contributed by atoms with Crippen molar-refractivity contribution in [2.24, 2.45) is 0 Å². The number of ketones is 1. The van der Waals surface area contributed by atoms with E-state index in [0.717, 1.165) is 5.56 Å². The Labute approximate surface area is 184 Å². The highest BCUT2D eigenvalue weighted by Gasteiger charge is 2.32. The van der Waals surface area contributed by atoms with Gasteiger partial charge in [-0.2, -0.15) is 0 Å². The van der Waals surface area contributed by atoms with Gasteiger partial charge in [-0.1, -0.05) is 29.5 Å². The van der Waals surface area contributed by atoms with Crippen LogP contribution in [0.15, 0.2) is 66.5 Å². The van der Waals surface area contributed by atoms with E-state index in [1.54, 1.807) is 37.6 Å². The minimum Gasteiger partial charge on any atom is -0.311 e. The van der Waals surface area contributed by atoms with E-state index in [-0.39, 0.29) is 10.6 Å². The van der Waals surface area contributed by atoms with Gasteiger partial charge in [0.25, 0.3) is 5.91 Å². The number of likely N-dealkylation sites (N-methyl/N-ethyl adjacent to an activating group) is 1. The Bertz CT molecular complexity index is 1290. The lowest BCUT2D eigenvalue weighted by Gasteiger charge is -2.26. The van der Waals surface area contributed by atoms with Crippen molar-refractivity contribution in [1.82, 2.24) is 4.98 Å². The number of fused-ring (bicyclic) bond motifs is 1. The third-order valence-corrected chi connectivity index (χ3v) is 5.20. The molecule has 0 bridgehead atoms. The summed E-state index contributed by atoms with van der Waals surface area (Å²) in [5.74, 6) is 4.74. The Balaban J connectivity index is 1.67. The zero-order valence-corrected chi connectivity index (χ0v) is 17.3. The van der Waals surface area contributed by atoms with Crippen LogP contribution in [-0.2, 0) is 11.2 Å². The van der Waals surface area contributed by atoms with Crippen molar-refractivity contribution in [2.75, 3.05) is 11.9 Å². The molecule has 4 nitrogen and oxygen atoms in total. The first kappa shape index (κ1) is 20.5. The smallest absolute Gasteiger partial charge is 0.262 e. The molecule has 6 heteroatoms. The van der Waals surface area contributed by atoms with Gasteiger partial charge in [0, 0.05) is 37.0 Å². The molecule has 0 fully saturated rings. The number of hydrogen-bond acceptors (Lipinski definition) is 3. The third kappa shape index (κ3) is 4.25. The number of anilines is 1. The molecule has 0 aliphatic carbocycles. The number of benzene rings is 2. The topological polar surface area (TPSA) is 50.3 Å². The Hall–Kier alpha value is -3.75. The number of hydrogen-bond donors (Lipinski definition) is 0. The molecule has 0 spiro atoms. The Morgan fingerprint density at radius 2 is 1.87 bits per heavy atom. The molecule has 1 aromatic heterocycles. The van der Waals surface area contributed by atoms with E-state index in [0.29, 0.717) is 28.8 Å². The molecule has 2 aromatic carbocycles. The fraction of sp³-hybridized carbons (Fsp3) is 0.0800. The average Bonchev–Trinajstić information content (AvgIpc) is 2.78. The molecule has 2 heterocycles. The number of halogens is 2. The van der Waals surface area contributed by atoms with Crippen LogP contribution < -0.4 is 4.90 Å². The van der Waals surface area contributed by atoms with E-state index in [1.807, 2.05) is 12.1 Å². The first-order chi connectivity index (χ1) is 14.9. The molecule has 1 aliphatic rings. The molecule has 0 saturated carbocycles. The lowest BCUT2D eigenvalue weighted by molar-refractivity contribution is -0.114. The van der Waals surface area contributed by atoms with Gasteiger partial charge < -0.3 is 4.90 Å². The molecule has 0 radical (unpaired) electrons. The fourth-order valence-electron chi connectivity index (χ4n) is 3.27. The maximum absolute atomic E-state index is 13.4. The van der Waals surface area contributed by atoms with E-state index >= 15 is 0 Å².